The Morgan fingerprint density at radius 1 is 1.00 bits per heavy atom. The third kappa shape index (κ3) is 4.08. The summed E-state index contributed by atoms with van der Waals surface area (Å²) in [6.45, 7) is 1.54. The van der Waals surface area contributed by atoms with Gasteiger partial charge in [-0.05, 0) is 53.4 Å². The van der Waals surface area contributed by atoms with E-state index < -0.39 is 0 Å². The first kappa shape index (κ1) is 19.9. The van der Waals surface area contributed by atoms with E-state index in [4.69, 9.17) is 14.5 Å². The number of pyridine rings is 2. The molecule has 0 spiro atoms. The Kier molecular flexibility index (Phi) is 5.35. The second kappa shape index (κ2) is 8.60. The molecule has 32 heavy (non-hydrogen) atoms. The van der Waals surface area contributed by atoms with Crippen LogP contribution in [0.25, 0.3) is 33.3 Å². The molecule has 0 aliphatic heterocycles. The summed E-state index contributed by atoms with van der Waals surface area (Å²) in [5.41, 5.74) is 4.92. The molecule has 5 aromatic rings. The van der Waals surface area contributed by atoms with Crippen molar-refractivity contribution in [2.45, 2.75) is 6.54 Å². The van der Waals surface area contributed by atoms with E-state index in [1.165, 1.54) is 6.07 Å². The number of benzene rings is 2. The Bertz CT molecular complexity index is 1460. The number of ether oxygens (including phenoxy) is 2. The van der Waals surface area contributed by atoms with Gasteiger partial charge in [-0.1, -0.05) is 23.4 Å². The SMILES string of the molecule is COCCOc1cccc(-c2ccc3nnn(Cc4ccc5[nH]c(=O)ccc5c4)c3n2)c1. The summed E-state index contributed by atoms with van der Waals surface area (Å²) in [5.74, 6) is 0.766. The molecule has 3 aromatic heterocycles. The predicted octanol–water partition coefficient (Wildman–Crippen LogP) is 3.41. The van der Waals surface area contributed by atoms with E-state index in [0.717, 1.165) is 39.0 Å². The average Bonchev–Trinajstić information content (AvgIpc) is 3.21. The van der Waals surface area contributed by atoms with E-state index in [0.29, 0.717) is 25.4 Å². The first-order chi connectivity index (χ1) is 15.7. The van der Waals surface area contributed by atoms with E-state index in [1.54, 1.807) is 11.8 Å². The molecule has 0 fully saturated rings. The maximum atomic E-state index is 11.5. The Morgan fingerprint density at radius 3 is 2.84 bits per heavy atom. The molecule has 8 heteroatoms. The van der Waals surface area contributed by atoms with Crippen molar-refractivity contribution < 1.29 is 9.47 Å². The predicted molar refractivity (Wildman–Crippen MR) is 122 cm³/mol. The monoisotopic (exact) mass is 427 g/mol. The summed E-state index contributed by atoms with van der Waals surface area (Å²) in [7, 11) is 1.65. The van der Waals surface area contributed by atoms with Crippen LogP contribution in [0, 0.1) is 0 Å². The Labute approximate surface area is 183 Å². The van der Waals surface area contributed by atoms with Gasteiger partial charge in [-0.3, -0.25) is 4.79 Å². The highest BCUT2D eigenvalue weighted by molar-refractivity contribution is 5.79. The van der Waals surface area contributed by atoms with Gasteiger partial charge in [0.2, 0.25) is 5.56 Å². The molecular formula is C24H21N5O3. The van der Waals surface area contributed by atoms with E-state index in [9.17, 15) is 4.79 Å². The van der Waals surface area contributed by atoms with Gasteiger partial charge in [0.25, 0.3) is 0 Å². The highest BCUT2D eigenvalue weighted by Crippen LogP contribution is 2.24. The molecule has 2 aromatic carbocycles. The van der Waals surface area contributed by atoms with Gasteiger partial charge in [0.1, 0.15) is 17.9 Å². The molecule has 5 rings (SSSR count). The van der Waals surface area contributed by atoms with Crippen molar-refractivity contribution in [3.8, 4) is 17.0 Å². The molecule has 0 atom stereocenters. The van der Waals surface area contributed by atoms with Gasteiger partial charge in [-0.2, -0.15) is 0 Å². The number of hydrogen-bond acceptors (Lipinski definition) is 6. The smallest absolute Gasteiger partial charge is 0.248 e. The fourth-order valence-corrected chi connectivity index (χ4v) is 3.58. The molecule has 0 bridgehead atoms. The van der Waals surface area contributed by atoms with E-state index in [2.05, 4.69) is 15.3 Å². The van der Waals surface area contributed by atoms with E-state index >= 15 is 0 Å². The Balaban J connectivity index is 1.45. The van der Waals surface area contributed by atoms with Crippen LogP contribution in [0.5, 0.6) is 5.75 Å². The maximum absolute atomic E-state index is 11.5. The number of rotatable bonds is 7. The number of H-pyrrole nitrogens is 1. The molecule has 0 aliphatic carbocycles. The van der Waals surface area contributed by atoms with Crippen LogP contribution < -0.4 is 10.3 Å². The summed E-state index contributed by atoms with van der Waals surface area (Å²) in [6.07, 6.45) is 0. The van der Waals surface area contributed by atoms with Crippen molar-refractivity contribution in [1.29, 1.82) is 0 Å². The van der Waals surface area contributed by atoms with Crippen molar-refractivity contribution >= 4 is 22.1 Å². The number of methoxy groups -OCH3 is 1. The molecule has 1 N–H and O–H groups in total. The molecule has 0 aliphatic rings. The topological polar surface area (TPSA) is 94.9 Å². The van der Waals surface area contributed by atoms with Crippen molar-refractivity contribution in [3.05, 3.63) is 82.6 Å². The van der Waals surface area contributed by atoms with Crippen LogP contribution in [0.1, 0.15) is 5.56 Å². The zero-order chi connectivity index (χ0) is 21.9. The van der Waals surface area contributed by atoms with Gasteiger partial charge in [0, 0.05) is 24.3 Å². The zero-order valence-electron chi connectivity index (χ0n) is 17.5. The summed E-state index contributed by atoms with van der Waals surface area (Å²) in [4.78, 5) is 19.2. The number of aromatic nitrogens is 5. The minimum Gasteiger partial charge on any atom is -0.491 e. The fraction of sp³-hybridized carbons (Fsp3) is 0.167. The largest absolute Gasteiger partial charge is 0.491 e. The summed E-state index contributed by atoms with van der Waals surface area (Å²) < 4.78 is 12.5. The Hall–Kier alpha value is -4.04. The number of aromatic amines is 1. The summed E-state index contributed by atoms with van der Waals surface area (Å²) in [5, 5.41) is 9.51. The first-order valence-electron chi connectivity index (χ1n) is 10.2. The maximum Gasteiger partial charge on any atom is 0.248 e. The van der Waals surface area contributed by atoms with E-state index in [1.807, 2.05) is 60.7 Å². The standard InChI is InChI=1S/C24H21N5O3/c1-31-11-12-32-19-4-2-3-17(14-19)21-8-9-22-24(26-21)29(28-27-22)15-16-5-7-20-18(13-16)6-10-23(30)25-20/h2-10,13-14H,11-12,15H2,1H3,(H,25,30). The van der Waals surface area contributed by atoms with Gasteiger partial charge in [-0.15, -0.1) is 5.10 Å². The number of hydrogen-bond donors (Lipinski definition) is 1. The fourth-order valence-electron chi connectivity index (χ4n) is 3.58. The molecule has 0 amide bonds. The number of nitrogens with one attached hydrogen (secondary N) is 1. The molecule has 0 saturated heterocycles. The summed E-state index contributed by atoms with van der Waals surface area (Å²) >= 11 is 0. The molecule has 0 radical (unpaired) electrons. The normalized spacial score (nSPS) is 11.3. The van der Waals surface area contributed by atoms with Gasteiger partial charge >= 0.3 is 0 Å². The van der Waals surface area contributed by atoms with Crippen molar-refractivity contribution in [3.63, 3.8) is 0 Å². The quantitative estimate of drug-likeness (QED) is 0.400. The lowest BCUT2D eigenvalue weighted by atomic mass is 10.1. The van der Waals surface area contributed by atoms with Crippen LogP contribution in [0.4, 0.5) is 0 Å². The Morgan fingerprint density at radius 2 is 1.94 bits per heavy atom. The third-order valence-corrected chi connectivity index (χ3v) is 5.17. The van der Waals surface area contributed by atoms with Crippen molar-refractivity contribution in [2.24, 2.45) is 0 Å². The first-order valence-corrected chi connectivity index (χ1v) is 10.2. The van der Waals surface area contributed by atoms with Gasteiger partial charge in [-0.25, -0.2) is 9.67 Å². The lowest BCUT2D eigenvalue weighted by Crippen LogP contribution is -2.05. The average molecular weight is 427 g/mol. The molecule has 0 unspecified atom stereocenters. The van der Waals surface area contributed by atoms with Crippen molar-refractivity contribution in [1.82, 2.24) is 25.0 Å². The van der Waals surface area contributed by atoms with Gasteiger partial charge < -0.3 is 14.5 Å². The molecule has 8 nitrogen and oxygen atoms in total. The lowest BCUT2D eigenvalue weighted by Gasteiger charge is -2.08. The highest BCUT2D eigenvalue weighted by Gasteiger charge is 2.10. The minimum absolute atomic E-state index is 0.114. The number of nitrogens with zero attached hydrogens (tertiary/aromatic N) is 4. The van der Waals surface area contributed by atoms with Crippen molar-refractivity contribution in [2.75, 3.05) is 20.3 Å². The van der Waals surface area contributed by atoms with E-state index in [-0.39, 0.29) is 5.56 Å². The van der Waals surface area contributed by atoms with Gasteiger partial charge in [0.15, 0.2) is 5.65 Å². The third-order valence-electron chi connectivity index (χ3n) is 5.17. The molecular weight excluding hydrogens is 406 g/mol. The van der Waals surface area contributed by atoms with Crippen LogP contribution in [-0.2, 0) is 11.3 Å². The summed E-state index contributed by atoms with van der Waals surface area (Å²) in [6, 6.07) is 20.9. The minimum atomic E-state index is -0.114. The molecule has 3 heterocycles. The zero-order valence-corrected chi connectivity index (χ0v) is 17.5. The van der Waals surface area contributed by atoms with Crippen LogP contribution >= 0.6 is 0 Å². The lowest BCUT2D eigenvalue weighted by molar-refractivity contribution is 0.146. The highest BCUT2D eigenvalue weighted by atomic mass is 16.5. The molecule has 0 saturated carbocycles. The number of fused-ring (bicyclic) bond motifs is 2. The van der Waals surface area contributed by atoms with Crippen LogP contribution in [0.15, 0.2) is 71.5 Å². The van der Waals surface area contributed by atoms with Gasteiger partial charge in [0.05, 0.1) is 18.8 Å². The van der Waals surface area contributed by atoms with Crippen LogP contribution in [0.2, 0.25) is 0 Å². The second-order valence-electron chi connectivity index (χ2n) is 7.40. The molecule has 160 valence electrons. The van der Waals surface area contributed by atoms with Crippen LogP contribution in [0.3, 0.4) is 0 Å². The second-order valence-corrected chi connectivity index (χ2v) is 7.40. The van der Waals surface area contributed by atoms with Crippen LogP contribution in [-0.4, -0.2) is 45.3 Å².